The molecule has 0 unspecified atom stereocenters. The van der Waals surface area contributed by atoms with Crippen LogP contribution in [0.15, 0.2) is 24.3 Å². The number of halogens is 1. The lowest BCUT2D eigenvalue weighted by Crippen LogP contribution is -2.42. The molecule has 0 bridgehead atoms. The normalized spacial score (nSPS) is 17.8. The maximum absolute atomic E-state index is 12.9. The molecular formula is C17H23FN4O2. The molecule has 7 heteroatoms. The van der Waals surface area contributed by atoms with Gasteiger partial charge in [-0.2, -0.15) is 5.10 Å². The number of likely N-dealkylation sites (tertiary alicyclic amines) is 1. The van der Waals surface area contributed by atoms with Gasteiger partial charge in [0.05, 0.1) is 0 Å². The van der Waals surface area contributed by atoms with Gasteiger partial charge < -0.3 is 14.7 Å². The van der Waals surface area contributed by atoms with Gasteiger partial charge in [-0.1, -0.05) is 0 Å². The summed E-state index contributed by atoms with van der Waals surface area (Å²) in [6, 6.07) is 5.83. The van der Waals surface area contributed by atoms with E-state index in [1.54, 1.807) is 16.8 Å². The molecule has 6 nitrogen and oxygen atoms in total. The number of hydrogen-bond acceptors (Lipinski definition) is 5. The van der Waals surface area contributed by atoms with E-state index in [2.05, 4.69) is 15.0 Å². The maximum Gasteiger partial charge on any atom is 0.188 e. The van der Waals surface area contributed by atoms with Crippen LogP contribution in [0.25, 0.3) is 0 Å². The summed E-state index contributed by atoms with van der Waals surface area (Å²) in [5, 5.41) is 15.4. The van der Waals surface area contributed by atoms with Crippen molar-refractivity contribution in [1.82, 2.24) is 19.7 Å². The van der Waals surface area contributed by atoms with Crippen LogP contribution >= 0.6 is 0 Å². The molecule has 3 rings (SSSR count). The third kappa shape index (κ3) is 3.57. The lowest BCUT2D eigenvalue weighted by molar-refractivity contribution is -0.0310. The van der Waals surface area contributed by atoms with Crippen molar-refractivity contribution >= 4 is 0 Å². The van der Waals surface area contributed by atoms with Gasteiger partial charge in [0.1, 0.15) is 23.8 Å². The zero-order valence-corrected chi connectivity index (χ0v) is 14.1. The molecule has 1 fully saturated rings. The third-order valence-electron chi connectivity index (χ3n) is 4.43. The van der Waals surface area contributed by atoms with Crippen LogP contribution in [-0.4, -0.2) is 44.9 Å². The van der Waals surface area contributed by atoms with Gasteiger partial charge in [0.2, 0.25) is 0 Å². The predicted octanol–water partition coefficient (Wildman–Crippen LogP) is 1.93. The van der Waals surface area contributed by atoms with Gasteiger partial charge in [-0.3, -0.25) is 0 Å². The largest absolute Gasteiger partial charge is 0.486 e. The van der Waals surface area contributed by atoms with Crippen LogP contribution < -0.4 is 4.74 Å². The molecule has 1 aliphatic rings. The Kier molecular flexibility index (Phi) is 4.82. The van der Waals surface area contributed by atoms with E-state index in [0.29, 0.717) is 36.8 Å². The summed E-state index contributed by atoms with van der Waals surface area (Å²) in [6.07, 6.45) is 1.28. The van der Waals surface area contributed by atoms with Crippen molar-refractivity contribution in [2.75, 3.05) is 20.1 Å². The van der Waals surface area contributed by atoms with E-state index in [9.17, 15) is 9.50 Å². The highest BCUT2D eigenvalue weighted by molar-refractivity contribution is 5.22. The molecule has 0 spiro atoms. The minimum absolute atomic E-state index is 0.182. The quantitative estimate of drug-likeness (QED) is 0.905. The average molecular weight is 334 g/mol. The first-order valence-electron chi connectivity index (χ1n) is 8.23. The summed E-state index contributed by atoms with van der Waals surface area (Å²) in [5.41, 5.74) is -0.941. The Balaban J connectivity index is 1.74. The Hall–Kier alpha value is -1.99. The van der Waals surface area contributed by atoms with Gasteiger partial charge in [0.25, 0.3) is 0 Å². The summed E-state index contributed by atoms with van der Waals surface area (Å²) in [7, 11) is 2.05. The van der Waals surface area contributed by atoms with E-state index < -0.39 is 5.60 Å². The van der Waals surface area contributed by atoms with Crippen LogP contribution in [0.3, 0.4) is 0 Å². The molecule has 0 aliphatic carbocycles. The second kappa shape index (κ2) is 6.86. The van der Waals surface area contributed by atoms with Crippen molar-refractivity contribution in [2.45, 2.75) is 38.5 Å². The number of piperidine rings is 1. The average Bonchev–Trinajstić information content (AvgIpc) is 3.01. The van der Waals surface area contributed by atoms with Crippen LogP contribution in [0.4, 0.5) is 4.39 Å². The Bertz CT molecular complexity index is 678. The summed E-state index contributed by atoms with van der Waals surface area (Å²) in [6.45, 7) is 4.45. The zero-order chi connectivity index (χ0) is 17.2. The number of hydrogen-bond donors (Lipinski definition) is 1. The lowest BCUT2D eigenvalue weighted by atomic mass is 9.91. The number of aliphatic hydroxyl groups is 1. The Morgan fingerprint density at radius 3 is 2.54 bits per heavy atom. The number of benzene rings is 1. The maximum atomic E-state index is 12.9. The zero-order valence-electron chi connectivity index (χ0n) is 14.1. The molecule has 0 amide bonds. The summed E-state index contributed by atoms with van der Waals surface area (Å²) in [4.78, 5) is 6.71. The van der Waals surface area contributed by atoms with Gasteiger partial charge >= 0.3 is 0 Å². The van der Waals surface area contributed by atoms with Crippen LogP contribution in [0.5, 0.6) is 5.75 Å². The van der Waals surface area contributed by atoms with Gasteiger partial charge in [0.15, 0.2) is 11.6 Å². The van der Waals surface area contributed by atoms with Crippen molar-refractivity contribution in [2.24, 2.45) is 0 Å². The summed E-state index contributed by atoms with van der Waals surface area (Å²) >= 11 is 0. The van der Waals surface area contributed by atoms with E-state index in [1.807, 2.05) is 14.0 Å². The van der Waals surface area contributed by atoms with E-state index in [0.717, 1.165) is 13.1 Å². The fraction of sp³-hybridized carbons (Fsp3) is 0.529. The van der Waals surface area contributed by atoms with Crippen molar-refractivity contribution in [3.8, 4) is 5.75 Å². The molecule has 1 aromatic carbocycles. The topological polar surface area (TPSA) is 63.4 Å². The van der Waals surface area contributed by atoms with Gasteiger partial charge in [0, 0.05) is 19.6 Å². The molecule has 1 aromatic heterocycles. The van der Waals surface area contributed by atoms with Crippen LogP contribution in [0.1, 0.15) is 31.4 Å². The molecule has 0 saturated carbocycles. The van der Waals surface area contributed by atoms with Crippen molar-refractivity contribution in [1.29, 1.82) is 0 Å². The van der Waals surface area contributed by atoms with Crippen LogP contribution in [0.2, 0.25) is 0 Å². The second-order valence-corrected chi connectivity index (χ2v) is 6.24. The minimum Gasteiger partial charge on any atom is -0.486 e. The second-order valence-electron chi connectivity index (χ2n) is 6.24. The molecule has 130 valence electrons. The van der Waals surface area contributed by atoms with Crippen molar-refractivity contribution < 1.29 is 14.2 Å². The number of nitrogens with zero attached hydrogens (tertiary/aromatic N) is 4. The Morgan fingerprint density at radius 2 is 1.92 bits per heavy atom. The molecule has 2 heterocycles. The monoisotopic (exact) mass is 334 g/mol. The number of rotatable bonds is 5. The van der Waals surface area contributed by atoms with Crippen LogP contribution in [-0.2, 0) is 18.8 Å². The smallest absolute Gasteiger partial charge is 0.188 e. The van der Waals surface area contributed by atoms with Gasteiger partial charge in [-0.25, -0.2) is 14.1 Å². The first kappa shape index (κ1) is 16.9. The van der Waals surface area contributed by atoms with E-state index in [1.165, 1.54) is 12.1 Å². The molecule has 1 aliphatic heterocycles. The highest BCUT2D eigenvalue weighted by Crippen LogP contribution is 2.31. The van der Waals surface area contributed by atoms with Crippen LogP contribution in [0, 0.1) is 5.82 Å². The molecule has 0 atom stereocenters. The van der Waals surface area contributed by atoms with E-state index in [-0.39, 0.29) is 12.4 Å². The molecule has 0 radical (unpaired) electrons. The highest BCUT2D eigenvalue weighted by atomic mass is 19.1. The minimum atomic E-state index is -0.941. The molecule has 2 aromatic rings. The van der Waals surface area contributed by atoms with E-state index >= 15 is 0 Å². The van der Waals surface area contributed by atoms with Gasteiger partial charge in [-0.15, -0.1) is 0 Å². The standard InChI is InChI=1S/C17H23FN4O2/c1-3-22-16(17(23)8-10-21(2)11-9-17)19-15(20-22)12-24-14-6-4-13(18)5-7-14/h4-7,23H,3,8-12H2,1-2H3. The molecule has 1 N–H and O–H groups in total. The summed E-state index contributed by atoms with van der Waals surface area (Å²) in [5.74, 6) is 1.38. The first-order valence-corrected chi connectivity index (χ1v) is 8.23. The molecular weight excluding hydrogens is 311 g/mol. The molecule has 1 saturated heterocycles. The number of aromatic nitrogens is 3. The number of ether oxygens (including phenoxy) is 1. The first-order chi connectivity index (χ1) is 11.5. The van der Waals surface area contributed by atoms with Crippen molar-refractivity contribution in [3.05, 3.63) is 41.7 Å². The van der Waals surface area contributed by atoms with Gasteiger partial charge in [-0.05, 0) is 51.1 Å². The van der Waals surface area contributed by atoms with E-state index in [4.69, 9.17) is 4.74 Å². The fourth-order valence-electron chi connectivity index (χ4n) is 2.91. The Morgan fingerprint density at radius 1 is 1.25 bits per heavy atom. The highest BCUT2D eigenvalue weighted by Gasteiger charge is 2.37. The molecule has 24 heavy (non-hydrogen) atoms. The third-order valence-corrected chi connectivity index (χ3v) is 4.43. The van der Waals surface area contributed by atoms with Crippen molar-refractivity contribution in [3.63, 3.8) is 0 Å². The predicted molar refractivity (Wildman–Crippen MR) is 87.1 cm³/mol. The summed E-state index contributed by atoms with van der Waals surface area (Å²) < 4.78 is 20.3. The number of aryl methyl sites for hydroxylation is 1. The SMILES string of the molecule is CCn1nc(COc2ccc(F)cc2)nc1C1(O)CCN(C)CC1. The fourth-order valence-corrected chi connectivity index (χ4v) is 2.91. The Labute approximate surface area is 140 Å². The lowest BCUT2D eigenvalue weighted by Gasteiger charge is -2.35.